The smallest absolute Gasteiger partial charge is 0.344 e. The number of fused-ring (bicyclic) bond motifs is 1. The van der Waals surface area contributed by atoms with Crippen molar-refractivity contribution in [1.82, 2.24) is 9.88 Å². The molecule has 2 heterocycles. The van der Waals surface area contributed by atoms with Gasteiger partial charge in [0, 0.05) is 24.9 Å². The fraction of sp³-hybridized carbons (Fsp3) is 0.440. The number of likely N-dealkylation sites (N-methyl/N-ethyl adjacent to an activating group) is 1. The van der Waals surface area contributed by atoms with Gasteiger partial charge in [0.25, 0.3) is 0 Å². The van der Waals surface area contributed by atoms with Crippen LogP contribution >= 0.6 is 0 Å². The van der Waals surface area contributed by atoms with Crippen LogP contribution in [0, 0.1) is 5.92 Å². The van der Waals surface area contributed by atoms with Crippen LogP contribution < -0.4 is 9.47 Å². The van der Waals surface area contributed by atoms with Crippen LogP contribution in [-0.2, 0) is 4.74 Å². The van der Waals surface area contributed by atoms with E-state index in [0.717, 1.165) is 42.6 Å². The van der Waals surface area contributed by atoms with E-state index in [0.29, 0.717) is 11.6 Å². The Labute approximate surface area is 185 Å². The van der Waals surface area contributed by atoms with E-state index in [-0.39, 0.29) is 5.97 Å². The Morgan fingerprint density at radius 1 is 1.03 bits per heavy atom. The summed E-state index contributed by atoms with van der Waals surface area (Å²) >= 11 is 0. The van der Waals surface area contributed by atoms with Gasteiger partial charge < -0.3 is 14.2 Å². The molecule has 1 aliphatic heterocycles. The predicted octanol–water partition coefficient (Wildman–Crippen LogP) is 4.97. The monoisotopic (exact) mass is 426 g/mol. The molecule has 168 valence electrons. The van der Waals surface area contributed by atoms with Gasteiger partial charge in [0.15, 0.2) is 11.5 Å². The molecule has 2 aliphatic rings. The zero-order valence-corrected chi connectivity index (χ0v) is 19.2. The normalized spacial score (nSPS) is 19.5. The fourth-order valence-corrected chi connectivity index (χ4v) is 3.76. The van der Waals surface area contributed by atoms with E-state index in [2.05, 4.69) is 23.0 Å². The molecule has 2 atom stereocenters. The van der Waals surface area contributed by atoms with Crippen LogP contribution in [0.1, 0.15) is 43.5 Å². The fourth-order valence-electron chi connectivity index (χ4n) is 3.76. The number of methoxy groups -OCH3 is 2. The summed E-state index contributed by atoms with van der Waals surface area (Å²) in [5.41, 5.74) is 0.505. The SMILES string of the molecule is CC.CN1CCC2CCC(OC(=O)c3cccnc3)=CC21.COc1ccccc1OC. The number of allylic oxidation sites excluding steroid dienone is 1. The number of carbonyl (C=O) groups is 1. The number of hydrogen-bond acceptors (Lipinski definition) is 6. The maximum atomic E-state index is 12.0. The Morgan fingerprint density at radius 3 is 2.29 bits per heavy atom. The molecule has 1 saturated heterocycles. The van der Waals surface area contributed by atoms with Crippen molar-refractivity contribution in [3.05, 3.63) is 66.2 Å². The molecule has 4 rings (SSSR count). The van der Waals surface area contributed by atoms with Crippen LogP contribution in [-0.4, -0.2) is 49.7 Å². The van der Waals surface area contributed by atoms with Gasteiger partial charge in [0.1, 0.15) is 5.76 Å². The molecule has 1 aromatic heterocycles. The van der Waals surface area contributed by atoms with Crippen LogP contribution in [0.2, 0.25) is 0 Å². The molecule has 0 radical (unpaired) electrons. The molecule has 0 bridgehead atoms. The molecular formula is C25H34N2O4. The quantitative estimate of drug-likeness (QED) is 0.644. The molecule has 1 aromatic carbocycles. The molecule has 2 aromatic rings. The number of nitrogens with zero attached hydrogens (tertiary/aromatic N) is 2. The molecule has 0 N–H and O–H groups in total. The highest BCUT2D eigenvalue weighted by molar-refractivity contribution is 5.89. The minimum atomic E-state index is -0.307. The molecule has 6 heteroatoms. The van der Waals surface area contributed by atoms with Crippen LogP contribution in [0.4, 0.5) is 0 Å². The Kier molecular flexibility index (Phi) is 10.0. The standard InChI is InChI=1S/C15H18N2O2.C8H10O2.C2H6/c1-17-8-6-11-4-5-13(9-14(11)17)19-15(18)12-3-2-7-16-10-12;1-9-7-5-3-4-6-8(7)10-2;1-2/h2-3,7,9-11,14H,4-6,8H2,1H3;3-6H,1-2H3;1-2H3. The van der Waals surface area contributed by atoms with Crippen molar-refractivity contribution in [3.63, 3.8) is 0 Å². The number of carbonyl (C=O) groups excluding carboxylic acids is 1. The number of pyridine rings is 1. The van der Waals surface area contributed by atoms with E-state index in [9.17, 15) is 4.79 Å². The minimum absolute atomic E-state index is 0.307. The Hall–Kier alpha value is -2.86. The first kappa shape index (κ1) is 24.4. The topological polar surface area (TPSA) is 60.9 Å². The highest BCUT2D eigenvalue weighted by Gasteiger charge is 2.34. The van der Waals surface area contributed by atoms with E-state index in [1.165, 1.54) is 12.6 Å². The second kappa shape index (κ2) is 12.7. The van der Waals surface area contributed by atoms with Gasteiger partial charge >= 0.3 is 5.97 Å². The summed E-state index contributed by atoms with van der Waals surface area (Å²) in [4.78, 5) is 18.2. The summed E-state index contributed by atoms with van der Waals surface area (Å²) in [6, 6.07) is 11.4. The van der Waals surface area contributed by atoms with Crippen LogP contribution in [0.5, 0.6) is 11.5 Å². The summed E-state index contributed by atoms with van der Waals surface area (Å²) in [6.45, 7) is 5.13. The van der Waals surface area contributed by atoms with Crippen molar-refractivity contribution in [3.8, 4) is 11.5 Å². The number of aromatic nitrogens is 1. The third-order valence-corrected chi connectivity index (χ3v) is 5.37. The predicted molar refractivity (Wildman–Crippen MR) is 122 cm³/mol. The number of ether oxygens (including phenoxy) is 3. The summed E-state index contributed by atoms with van der Waals surface area (Å²) in [5.74, 6) is 2.77. The van der Waals surface area contributed by atoms with E-state index in [1.54, 1.807) is 32.5 Å². The second-order valence-electron chi connectivity index (χ2n) is 7.18. The van der Waals surface area contributed by atoms with Gasteiger partial charge in [-0.2, -0.15) is 0 Å². The highest BCUT2D eigenvalue weighted by atomic mass is 16.5. The molecule has 2 unspecified atom stereocenters. The van der Waals surface area contributed by atoms with Gasteiger partial charge in [-0.25, -0.2) is 4.79 Å². The van der Waals surface area contributed by atoms with Crippen LogP contribution in [0.15, 0.2) is 60.6 Å². The first-order valence-electron chi connectivity index (χ1n) is 10.8. The first-order chi connectivity index (χ1) is 15.1. The maximum absolute atomic E-state index is 12.0. The van der Waals surface area contributed by atoms with Crippen molar-refractivity contribution in [2.75, 3.05) is 27.8 Å². The molecule has 1 aliphatic carbocycles. The van der Waals surface area contributed by atoms with Crippen molar-refractivity contribution >= 4 is 5.97 Å². The lowest BCUT2D eigenvalue weighted by Crippen LogP contribution is -2.30. The van der Waals surface area contributed by atoms with Gasteiger partial charge in [-0.1, -0.05) is 26.0 Å². The molecule has 0 spiro atoms. The van der Waals surface area contributed by atoms with Gasteiger partial charge in [-0.15, -0.1) is 0 Å². The summed E-state index contributed by atoms with van der Waals surface area (Å²) in [7, 11) is 5.38. The van der Waals surface area contributed by atoms with E-state index in [4.69, 9.17) is 14.2 Å². The molecule has 0 amide bonds. The van der Waals surface area contributed by atoms with Crippen molar-refractivity contribution < 1.29 is 19.0 Å². The summed E-state index contributed by atoms with van der Waals surface area (Å²) < 4.78 is 15.5. The maximum Gasteiger partial charge on any atom is 0.344 e. The Morgan fingerprint density at radius 2 is 1.71 bits per heavy atom. The third-order valence-electron chi connectivity index (χ3n) is 5.37. The van der Waals surface area contributed by atoms with Gasteiger partial charge in [0.05, 0.1) is 19.8 Å². The number of hydrogen-bond donors (Lipinski definition) is 0. The minimum Gasteiger partial charge on any atom is -0.493 e. The Bertz CT molecular complexity index is 815. The number of esters is 1. The highest BCUT2D eigenvalue weighted by Crippen LogP contribution is 2.34. The number of para-hydroxylation sites is 2. The number of likely N-dealkylation sites (tertiary alicyclic amines) is 1. The molecule has 0 saturated carbocycles. The van der Waals surface area contributed by atoms with Crippen molar-refractivity contribution in [2.24, 2.45) is 5.92 Å². The average Bonchev–Trinajstić information content (AvgIpc) is 3.21. The van der Waals surface area contributed by atoms with Crippen molar-refractivity contribution in [2.45, 2.75) is 39.2 Å². The number of benzene rings is 1. The van der Waals surface area contributed by atoms with Crippen LogP contribution in [0.3, 0.4) is 0 Å². The third kappa shape index (κ3) is 6.82. The van der Waals surface area contributed by atoms with Gasteiger partial charge in [-0.3, -0.25) is 9.88 Å². The summed E-state index contributed by atoms with van der Waals surface area (Å²) in [6.07, 6.45) is 8.53. The zero-order chi connectivity index (χ0) is 22.6. The first-order valence-corrected chi connectivity index (χ1v) is 10.8. The molecule has 6 nitrogen and oxygen atoms in total. The second-order valence-corrected chi connectivity index (χ2v) is 7.18. The van der Waals surface area contributed by atoms with Gasteiger partial charge in [-0.05, 0) is 62.7 Å². The van der Waals surface area contributed by atoms with E-state index < -0.39 is 0 Å². The van der Waals surface area contributed by atoms with E-state index in [1.807, 2.05) is 38.1 Å². The molecular weight excluding hydrogens is 392 g/mol. The largest absolute Gasteiger partial charge is 0.493 e. The molecule has 31 heavy (non-hydrogen) atoms. The van der Waals surface area contributed by atoms with Gasteiger partial charge in [0.2, 0.25) is 0 Å². The number of rotatable bonds is 4. The average molecular weight is 427 g/mol. The lowest BCUT2D eigenvalue weighted by Gasteiger charge is -2.27. The molecule has 1 fully saturated rings. The zero-order valence-electron chi connectivity index (χ0n) is 19.2. The van der Waals surface area contributed by atoms with E-state index >= 15 is 0 Å². The Balaban J connectivity index is 0.000000241. The van der Waals surface area contributed by atoms with Crippen LogP contribution in [0.25, 0.3) is 0 Å². The van der Waals surface area contributed by atoms with Crippen molar-refractivity contribution in [1.29, 1.82) is 0 Å². The lowest BCUT2D eigenvalue weighted by molar-refractivity contribution is 0.0597. The lowest BCUT2D eigenvalue weighted by atomic mass is 9.89. The summed E-state index contributed by atoms with van der Waals surface area (Å²) in [5, 5.41) is 0.